The Kier molecular flexibility index (Phi) is 3.34. The first-order valence-electron chi connectivity index (χ1n) is 5.05. The van der Waals surface area contributed by atoms with Crippen molar-refractivity contribution in [2.24, 2.45) is 5.92 Å². The van der Waals surface area contributed by atoms with Crippen LogP contribution in [0.2, 0.25) is 0 Å². The molecule has 0 saturated carbocycles. The van der Waals surface area contributed by atoms with Crippen molar-refractivity contribution >= 4 is 11.3 Å². The van der Waals surface area contributed by atoms with Gasteiger partial charge in [0.05, 0.1) is 0 Å². The van der Waals surface area contributed by atoms with Gasteiger partial charge in [-0.1, -0.05) is 38.1 Å². The Labute approximate surface area is 86.6 Å². The minimum absolute atomic E-state index is 0.623. The molecule has 0 atom stereocenters. The topological polar surface area (TPSA) is 26.0 Å². The lowest BCUT2D eigenvalue weighted by molar-refractivity contribution is 0.647. The van der Waals surface area contributed by atoms with Gasteiger partial charge in [-0.25, -0.2) is 0 Å². The number of nitrogen functional groups attached to an aromatic ring is 1. The second kappa shape index (κ2) is 4.32. The summed E-state index contributed by atoms with van der Waals surface area (Å²) in [4.78, 5) is 0. The van der Waals surface area contributed by atoms with Crippen LogP contribution in [0.3, 0.4) is 0 Å². The molecule has 0 aliphatic carbocycles. The van der Waals surface area contributed by atoms with E-state index in [1.54, 1.807) is 0 Å². The van der Waals surface area contributed by atoms with Gasteiger partial charge in [-0.3, -0.25) is 0 Å². The summed E-state index contributed by atoms with van der Waals surface area (Å²) in [5.74, 6) is 0.623. The van der Waals surface area contributed by atoms with E-state index in [-0.39, 0.29) is 0 Å². The number of benzene rings is 1. The highest BCUT2D eigenvalue weighted by Crippen LogP contribution is 2.25. The van der Waals surface area contributed by atoms with Crippen molar-refractivity contribution < 1.29 is 0 Å². The fourth-order valence-electron chi connectivity index (χ4n) is 1.64. The van der Waals surface area contributed by atoms with Crippen LogP contribution in [0.5, 0.6) is 0 Å². The first-order chi connectivity index (χ1) is 6.52. The van der Waals surface area contributed by atoms with Crippen LogP contribution in [0.4, 0.5) is 5.69 Å². The van der Waals surface area contributed by atoms with Crippen molar-refractivity contribution in [3.63, 3.8) is 0 Å². The third-order valence-electron chi connectivity index (χ3n) is 2.28. The summed E-state index contributed by atoms with van der Waals surface area (Å²) in [7, 11) is 0. The van der Waals surface area contributed by atoms with E-state index in [2.05, 4.69) is 26.5 Å². The van der Waals surface area contributed by atoms with Crippen LogP contribution in [0.15, 0.2) is 24.8 Å². The number of anilines is 1. The number of hydrogen-bond donors (Lipinski definition) is 1. The number of allylic oxidation sites excluding steroid dienone is 1. The maximum atomic E-state index is 5.97. The van der Waals surface area contributed by atoms with Crippen molar-refractivity contribution in [3.8, 4) is 0 Å². The maximum Gasteiger partial charge on any atom is 0.0352 e. The lowest BCUT2D eigenvalue weighted by Gasteiger charge is -2.14. The molecule has 0 unspecified atom stereocenters. The fraction of sp³-hybridized carbons (Fsp3) is 0.385. The number of rotatable bonds is 3. The molecule has 1 heteroatoms. The zero-order valence-corrected chi connectivity index (χ0v) is 9.30. The van der Waals surface area contributed by atoms with E-state index < -0.39 is 0 Å². The zero-order valence-electron chi connectivity index (χ0n) is 9.30. The van der Waals surface area contributed by atoms with E-state index in [1.165, 1.54) is 11.1 Å². The van der Waals surface area contributed by atoms with Gasteiger partial charge in [-0.05, 0) is 36.5 Å². The minimum atomic E-state index is 0.623. The molecule has 1 aromatic carbocycles. The summed E-state index contributed by atoms with van der Waals surface area (Å²) in [5, 5.41) is 0. The fourth-order valence-corrected chi connectivity index (χ4v) is 1.64. The SMILES string of the molecule is C=C(C)c1cccc(N)c1CC(C)C. The Morgan fingerprint density at radius 1 is 1.43 bits per heavy atom. The zero-order chi connectivity index (χ0) is 10.7. The first kappa shape index (κ1) is 10.8. The average molecular weight is 189 g/mol. The number of hydrogen-bond acceptors (Lipinski definition) is 1. The lowest BCUT2D eigenvalue weighted by Crippen LogP contribution is -2.02. The molecule has 0 aliphatic rings. The maximum absolute atomic E-state index is 5.97. The molecule has 0 spiro atoms. The lowest BCUT2D eigenvalue weighted by atomic mass is 9.93. The Morgan fingerprint density at radius 3 is 2.57 bits per heavy atom. The van der Waals surface area contributed by atoms with Gasteiger partial charge in [0.1, 0.15) is 0 Å². The van der Waals surface area contributed by atoms with Crippen molar-refractivity contribution in [2.45, 2.75) is 27.2 Å². The van der Waals surface area contributed by atoms with Crippen LogP contribution in [-0.4, -0.2) is 0 Å². The number of nitrogens with two attached hydrogens (primary N) is 1. The van der Waals surface area contributed by atoms with E-state index >= 15 is 0 Å². The van der Waals surface area contributed by atoms with Gasteiger partial charge < -0.3 is 5.73 Å². The molecule has 76 valence electrons. The molecule has 1 nitrogen and oxygen atoms in total. The standard InChI is InChI=1S/C13H19N/c1-9(2)8-12-11(10(3)4)6-5-7-13(12)14/h5-7,9H,3,8,14H2,1-2,4H3. The normalized spacial score (nSPS) is 10.6. The third-order valence-corrected chi connectivity index (χ3v) is 2.28. The highest BCUT2D eigenvalue weighted by atomic mass is 14.6. The first-order valence-corrected chi connectivity index (χ1v) is 5.05. The summed E-state index contributed by atoms with van der Waals surface area (Å²) in [6, 6.07) is 6.05. The van der Waals surface area contributed by atoms with Crippen LogP contribution < -0.4 is 5.73 Å². The summed E-state index contributed by atoms with van der Waals surface area (Å²) < 4.78 is 0. The molecule has 2 N–H and O–H groups in total. The van der Waals surface area contributed by atoms with Gasteiger partial charge in [0.2, 0.25) is 0 Å². The van der Waals surface area contributed by atoms with Crippen LogP contribution in [0.1, 0.15) is 31.9 Å². The van der Waals surface area contributed by atoms with E-state index in [9.17, 15) is 0 Å². The molecule has 0 aliphatic heterocycles. The molecule has 14 heavy (non-hydrogen) atoms. The van der Waals surface area contributed by atoms with Crippen molar-refractivity contribution in [2.75, 3.05) is 5.73 Å². The highest BCUT2D eigenvalue weighted by molar-refractivity contribution is 5.69. The molecule has 1 aromatic rings. The molecule has 0 saturated heterocycles. The van der Waals surface area contributed by atoms with E-state index in [4.69, 9.17) is 5.73 Å². The Morgan fingerprint density at radius 2 is 2.07 bits per heavy atom. The minimum Gasteiger partial charge on any atom is -0.398 e. The second-order valence-electron chi connectivity index (χ2n) is 4.25. The largest absolute Gasteiger partial charge is 0.398 e. The highest BCUT2D eigenvalue weighted by Gasteiger charge is 2.08. The Bertz CT molecular complexity index is 337. The van der Waals surface area contributed by atoms with Gasteiger partial charge in [0.25, 0.3) is 0 Å². The predicted molar refractivity (Wildman–Crippen MR) is 64.1 cm³/mol. The van der Waals surface area contributed by atoms with Gasteiger partial charge >= 0.3 is 0 Å². The van der Waals surface area contributed by atoms with Crippen molar-refractivity contribution in [1.82, 2.24) is 0 Å². The van der Waals surface area contributed by atoms with E-state index in [1.807, 2.05) is 19.1 Å². The molecule has 0 bridgehead atoms. The smallest absolute Gasteiger partial charge is 0.0352 e. The molecule has 0 fully saturated rings. The summed E-state index contributed by atoms with van der Waals surface area (Å²) >= 11 is 0. The molecule has 1 rings (SSSR count). The summed E-state index contributed by atoms with van der Waals surface area (Å²) in [6.07, 6.45) is 1.02. The quantitative estimate of drug-likeness (QED) is 0.723. The average Bonchev–Trinajstić information content (AvgIpc) is 2.07. The van der Waals surface area contributed by atoms with Gasteiger partial charge in [-0.15, -0.1) is 0 Å². The second-order valence-corrected chi connectivity index (χ2v) is 4.25. The van der Waals surface area contributed by atoms with Gasteiger partial charge in [0.15, 0.2) is 0 Å². The third kappa shape index (κ3) is 2.38. The molecule has 0 amide bonds. The van der Waals surface area contributed by atoms with E-state index in [0.717, 1.165) is 17.7 Å². The van der Waals surface area contributed by atoms with Crippen LogP contribution in [0, 0.1) is 5.92 Å². The van der Waals surface area contributed by atoms with Crippen molar-refractivity contribution in [3.05, 3.63) is 35.9 Å². The molecular weight excluding hydrogens is 170 g/mol. The van der Waals surface area contributed by atoms with Gasteiger partial charge in [-0.2, -0.15) is 0 Å². The van der Waals surface area contributed by atoms with Crippen molar-refractivity contribution in [1.29, 1.82) is 0 Å². The van der Waals surface area contributed by atoms with Gasteiger partial charge in [0, 0.05) is 5.69 Å². The molecule has 0 radical (unpaired) electrons. The van der Waals surface area contributed by atoms with Crippen LogP contribution >= 0.6 is 0 Å². The molecule has 0 heterocycles. The Balaban J connectivity index is 3.15. The summed E-state index contributed by atoms with van der Waals surface area (Å²) in [5.41, 5.74) is 10.4. The predicted octanol–water partition coefficient (Wildman–Crippen LogP) is 3.50. The molecular formula is C13H19N. The van der Waals surface area contributed by atoms with Crippen LogP contribution in [-0.2, 0) is 6.42 Å². The Hall–Kier alpha value is -1.24. The monoisotopic (exact) mass is 189 g/mol. The molecule has 0 aromatic heterocycles. The van der Waals surface area contributed by atoms with E-state index in [0.29, 0.717) is 5.92 Å². The van der Waals surface area contributed by atoms with Crippen LogP contribution in [0.25, 0.3) is 5.57 Å². The summed E-state index contributed by atoms with van der Waals surface area (Å²) in [6.45, 7) is 10.4.